The summed E-state index contributed by atoms with van der Waals surface area (Å²) in [7, 11) is 0. The lowest BCUT2D eigenvalue weighted by molar-refractivity contribution is -0.139. The summed E-state index contributed by atoms with van der Waals surface area (Å²) >= 11 is 1.61. The summed E-state index contributed by atoms with van der Waals surface area (Å²) < 4.78 is 0. The third-order valence-electron chi connectivity index (χ3n) is 3.75. The highest BCUT2D eigenvalue weighted by Crippen LogP contribution is 2.37. The van der Waals surface area contributed by atoms with Gasteiger partial charge in [-0.15, -0.1) is 11.3 Å². The van der Waals surface area contributed by atoms with Crippen molar-refractivity contribution in [2.24, 2.45) is 11.7 Å². The first-order valence-electron chi connectivity index (χ1n) is 6.89. The molecule has 20 heavy (non-hydrogen) atoms. The van der Waals surface area contributed by atoms with Crippen molar-refractivity contribution >= 4 is 23.2 Å². The minimum absolute atomic E-state index is 0.0372. The van der Waals surface area contributed by atoms with Crippen LogP contribution in [-0.4, -0.2) is 23.0 Å². The maximum atomic E-state index is 12.0. The number of carboxylic acid groups (broad SMARTS) is 1. The highest BCUT2D eigenvalue weighted by Gasteiger charge is 2.30. The minimum Gasteiger partial charge on any atom is -0.481 e. The molecule has 5 nitrogen and oxygen atoms in total. The van der Waals surface area contributed by atoms with Crippen molar-refractivity contribution in [1.82, 2.24) is 5.32 Å². The Morgan fingerprint density at radius 2 is 2.15 bits per heavy atom. The normalized spacial score (nSPS) is 18.6. The molecule has 0 aromatic carbocycles. The second kappa shape index (κ2) is 6.85. The van der Waals surface area contributed by atoms with Gasteiger partial charge in [0.05, 0.1) is 18.5 Å². The van der Waals surface area contributed by atoms with Crippen LogP contribution in [0.25, 0.3) is 0 Å². The lowest BCUT2D eigenvalue weighted by Gasteiger charge is -2.25. The molecule has 1 aromatic rings. The van der Waals surface area contributed by atoms with E-state index in [1.807, 2.05) is 17.5 Å². The number of carbonyl (C=O) groups excluding carboxylic acids is 1. The van der Waals surface area contributed by atoms with Crippen LogP contribution in [0, 0.1) is 5.92 Å². The van der Waals surface area contributed by atoms with Gasteiger partial charge in [-0.3, -0.25) is 9.59 Å². The molecule has 110 valence electrons. The van der Waals surface area contributed by atoms with Gasteiger partial charge >= 0.3 is 5.97 Å². The zero-order chi connectivity index (χ0) is 14.5. The molecule has 1 aliphatic carbocycles. The molecule has 0 bridgehead atoms. The molecule has 0 saturated heterocycles. The van der Waals surface area contributed by atoms with Gasteiger partial charge in [0.25, 0.3) is 0 Å². The highest BCUT2D eigenvalue weighted by atomic mass is 32.1. The van der Waals surface area contributed by atoms with Crippen molar-refractivity contribution in [3.8, 4) is 0 Å². The van der Waals surface area contributed by atoms with Crippen molar-refractivity contribution in [2.45, 2.75) is 44.2 Å². The summed E-state index contributed by atoms with van der Waals surface area (Å²) in [4.78, 5) is 23.8. The van der Waals surface area contributed by atoms with Gasteiger partial charge in [0.15, 0.2) is 0 Å². The molecule has 1 heterocycles. The maximum Gasteiger partial charge on any atom is 0.305 e. The van der Waals surface area contributed by atoms with Crippen LogP contribution in [0.15, 0.2) is 17.5 Å². The Morgan fingerprint density at radius 3 is 2.70 bits per heavy atom. The molecule has 1 amide bonds. The van der Waals surface area contributed by atoms with Gasteiger partial charge in [0.2, 0.25) is 5.91 Å². The fraction of sp³-hybridized carbons (Fsp3) is 0.571. The molecule has 0 radical (unpaired) electrons. The number of rotatable bonds is 6. The third-order valence-corrected chi connectivity index (χ3v) is 4.71. The number of hydrogen-bond acceptors (Lipinski definition) is 4. The molecule has 1 aromatic heterocycles. The quantitative estimate of drug-likeness (QED) is 0.747. The molecular formula is C14H20N2O3S. The third kappa shape index (κ3) is 3.80. The molecule has 1 fully saturated rings. The predicted molar refractivity (Wildman–Crippen MR) is 77.4 cm³/mol. The van der Waals surface area contributed by atoms with Gasteiger partial charge in [-0.05, 0) is 30.2 Å². The van der Waals surface area contributed by atoms with E-state index in [4.69, 9.17) is 10.8 Å². The van der Waals surface area contributed by atoms with E-state index >= 15 is 0 Å². The van der Waals surface area contributed by atoms with E-state index < -0.39 is 12.0 Å². The van der Waals surface area contributed by atoms with Crippen molar-refractivity contribution in [3.63, 3.8) is 0 Å². The van der Waals surface area contributed by atoms with Crippen LogP contribution in [-0.2, 0) is 9.59 Å². The Kier molecular flexibility index (Phi) is 5.14. The Morgan fingerprint density at radius 1 is 1.45 bits per heavy atom. The van der Waals surface area contributed by atoms with Crippen LogP contribution in [0.5, 0.6) is 0 Å². The zero-order valence-electron chi connectivity index (χ0n) is 11.2. The Bertz CT molecular complexity index is 455. The number of nitrogens with two attached hydrogens (primary N) is 1. The van der Waals surface area contributed by atoms with Gasteiger partial charge in [-0.1, -0.05) is 18.9 Å². The lowest BCUT2D eigenvalue weighted by Crippen LogP contribution is -2.44. The van der Waals surface area contributed by atoms with Crippen LogP contribution >= 0.6 is 11.3 Å². The molecule has 1 saturated carbocycles. The van der Waals surface area contributed by atoms with Gasteiger partial charge in [0.1, 0.15) is 0 Å². The van der Waals surface area contributed by atoms with E-state index in [9.17, 15) is 9.59 Å². The molecule has 6 heteroatoms. The molecule has 0 spiro atoms. The van der Waals surface area contributed by atoms with E-state index in [1.165, 1.54) is 12.8 Å². The van der Waals surface area contributed by atoms with Crippen LogP contribution < -0.4 is 11.1 Å². The topological polar surface area (TPSA) is 92.4 Å². The fourth-order valence-electron chi connectivity index (χ4n) is 2.72. The smallest absolute Gasteiger partial charge is 0.305 e. The second-order valence-electron chi connectivity index (χ2n) is 5.25. The number of amides is 1. The molecule has 0 aliphatic heterocycles. The van der Waals surface area contributed by atoms with E-state index in [0.29, 0.717) is 5.92 Å². The summed E-state index contributed by atoms with van der Waals surface area (Å²) in [6.45, 7) is 0. The van der Waals surface area contributed by atoms with E-state index in [1.54, 1.807) is 11.3 Å². The minimum atomic E-state index is -1.05. The van der Waals surface area contributed by atoms with Crippen molar-refractivity contribution in [2.75, 3.05) is 0 Å². The van der Waals surface area contributed by atoms with Crippen molar-refractivity contribution in [3.05, 3.63) is 22.4 Å². The number of nitrogens with one attached hydrogen (secondary N) is 1. The average Bonchev–Trinajstić information content (AvgIpc) is 3.07. The number of carbonyl (C=O) groups is 2. The largest absolute Gasteiger partial charge is 0.481 e. The first-order chi connectivity index (χ1) is 9.58. The van der Waals surface area contributed by atoms with E-state index in [-0.39, 0.29) is 18.4 Å². The summed E-state index contributed by atoms with van der Waals surface area (Å²) in [5, 5.41) is 13.6. The first-order valence-corrected chi connectivity index (χ1v) is 7.77. The fourth-order valence-corrected chi connectivity index (χ4v) is 3.59. The van der Waals surface area contributed by atoms with Gasteiger partial charge in [-0.25, -0.2) is 0 Å². The van der Waals surface area contributed by atoms with Gasteiger partial charge in [0, 0.05) is 4.88 Å². The summed E-state index contributed by atoms with van der Waals surface area (Å²) in [5.74, 6) is -1.01. The second-order valence-corrected chi connectivity index (χ2v) is 6.23. The molecule has 2 atom stereocenters. The van der Waals surface area contributed by atoms with Crippen LogP contribution in [0.1, 0.15) is 43.0 Å². The van der Waals surface area contributed by atoms with E-state index in [0.717, 1.165) is 17.7 Å². The standard InChI is InChI=1S/C14H20N2O3S/c15-10(8-12(17)18)14(19)16-13(9-4-1-2-5-9)11-6-3-7-20-11/h3,6-7,9-10,13H,1-2,4-5,8,15H2,(H,16,19)(H,17,18). The van der Waals surface area contributed by atoms with Gasteiger partial charge in [-0.2, -0.15) is 0 Å². The molecule has 2 rings (SSSR count). The molecular weight excluding hydrogens is 276 g/mol. The zero-order valence-corrected chi connectivity index (χ0v) is 12.1. The predicted octanol–water partition coefficient (Wildman–Crippen LogP) is 1.90. The summed E-state index contributed by atoms with van der Waals surface area (Å²) in [5.41, 5.74) is 5.63. The Balaban J connectivity index is 2.04. The Labute approximate surface area is 122 Å². The van der Waals surface area contributed by atoms with E-state index in [2.05, 4.69) is 5.32 Å². The first kappa shape index (κ1) is 15.0. The van der Waals surface area contributed by atoms with Crippen LogP contribution in [0.2, 0.25) is 0 Å². The van der Waals surface area contributed by atoms with Crippen LogP contribution in [0.3, 0.4) is 0 Å². The van der Waals surface area contributed by atoms with Crippen molar-refractivity contribution in [1.29, 1.82) is 0 Å². The highest BCUT2D eigenvalue weighted by molar-refractivity contribution is 7.10. The Hall–Kier alpha value is -1.40. The summed E-state index contributed by atoms with van der Waals surface area (Å²) in [6, 6.07) is 2.95. The molecule has 4 N–H and O–H groups in total. The SMILES string of the molecule is NC(CC(=O)O)C(=O)NC(c1cccs1)C1CCCC1. The number of carboxylic acids is 1. The lowest BCUT2D eigenvalue weighted by atomic mass is 9.96. The maximum absolute atomic E-state index is 12.0. The molecule has 2 unspecified atom stereocenters. The summed E-state index contributed by atoms with van der Waals surface area (Å²) in [6.07, 6.45) is 4.22. The monoisotopic (exact) mass is 296 g/mol. The number of aliphatic carboxylic acids is 1. The number of hydrogen-bond donors (Lipinski definition) is 3. The van der Waals surface area contributed by atoms with Gasteiger partial charge < -0.3 is 16.2 Å². The molecule has 1 aliphatic rings. The number of thiophene rings is 1. The van der Waals surface area contributed by atoms with Crippen molar-refractivity contribution < 1.29 is 14.7 Å². The average molecular weight is 296 g/mol. The van der Waals surface area contributed by atoms with Crippen LogP contribution in [0.4, 0.5) is 0 Å².